The molecule has 4 nitrogen and oxygen atoms in total. The zero-order valence-electron chi connectivity index (χ0n) is 12.5. The molecule has 2 rings (SSSR count). The van der Waals surface area contributed by atoms with Gasteiger partial charge in [-0.1, -0.05) is 13.0 Å². The van der Waals surface area contributed by atoms with Crippen LogP contribution in [0, 0.1) is 5.92 Å². The van der Waals surface area contributed by atoms with Gasteiger partial charge < -0.3 is 14.4 Å². The van der Waals surface area contributed by atoms with Gasteiger partial charge in [0.05, 0.1) is 7.11 Å². The van der Waals surface area contributed by atoms with Crippen LogP contribution in [-0.2, 0) is 4.79 Å². The summed E-state index contributed by atoms with van der Waals surface area (Å²) in [5, 5.41) is 0. The van der Waals surface area contributed by atoms with Gasteiger partial charge in [0, 0.05) is 19.2 Å². The smallest absolute Gasteiger partial charge is 0.263 e. The summed E-state index contributed by atoms with van der Waals surface area (Å²) in [7, 11) is 1.61. The molecule has 1 aliphatic rings. The van der Waals surface area contributed by atoms with Crippen LogP contribution in [0.25, 0.3) is 0 Å². The Balaban J connectivity index is 1.96. The first-order chi connectivity index (χ1) is 9.60. The van der Waals surface area contributed by atoms with Crippen molar-refractivity contribution < 1.29 is 14.3 Å². The van der Waals surface area contributed by atoms with Crippen molar-refractivity contribution in [2.45, 2.75) is 32.8 Å². The molecule has 1 aliphatic heterocycles. The third-order valence-electron chi connectivity index (χ3n) is 3.67. The summed E-state index contributed by atoms with van der Waals surface area (Å²) in [5.41, 5.74) is 0. The Kier molecular flexibility index (Phi) is 4.88. The molecule has 0 saturated carbocycles. The van der Waals surface area contributed by atoms with Crippen molar-refractivity contribution in [3.05, 3.63) is 24.3 Å². The monoisotopic (exact) mass is 277 g/mol. The second-order valence-corrected chi connectivity index (χ2v) is 5.47. The highest BCUT2D eigenvalue weighted by molar-refractivity contribution is 5.81. The lowest BCUT2D eigenvalue weighted by molar-refractivity contribution is -0.139. The summed E-state index contributed by atoms with van der Waals surface area (Å²) in [6.07, 6.45) is 1.82. The molecule has 0 aliphatic carbocycles. The van der Waals surface area contributed by atoms with Crippen LogP contribution in [0.15, 0.2) is 24.3 Å². The maximum absolute atomic E-state index is 12.4. The lowest BCUT2D eigenvalue weighted by Crippen LogP contribution is -2.45. The molecule has 1 aromatic rings. The van der Waals surface area contributed by atoms with Crippen molar-refractivity contribution in [2.24, 2.45) is 5.92 Å². The molecule has 1 saturated heterocycles. The van der Waals surface area contributed by atoms with Crippen molar-refractivity contribution in [1.82, 2.24) is 4.90 Å². The number of ether oxygens (including phenoxy) is 2. The first-order valence-electron chi connectivity index (χ1n) is 7.19. The Bertz CT molecular complexity index is 461. The number of methoxy groups -OCH3 is 1. The van der Waals surface area contributed by atoms with E-state index < -0.39 is 6.10 Å². The molecule has 0 aromatic heterocycles. The van der Waals surface area contributed by atoms with E-state index in [1.807, 2.05) is 23.1 Å². The van der Waals surface area contributed by atoms with Gasteiger partial charge in [0.15, 0.2) is 6.10 Å². The molecule has 0 N–H and O–H groups in total. The van der Waals surface area contributed by atoms with E-state index in [9.17, 15) is 4.79 Å². The zero-order valence-corrected chi connectivity index (χ0v) is 12.5. The van der Waals surface area contributed by atoms with Crippen LogP contribution in [0.2, 0.25) is 0 Å². The van der Waals surface area contributed by atoms with Crippen molar-refractivity contribution in [2.75, 3.05) is 20.2 Å². The minimum absolute atomic E-state index is 0.0689. The molecule has 0 bridgehead atoms. The number of hydrogen-bond donors (Lipinski definition) is 0. The van der Waals surface area contributed by atoms with Crippen LogP contribution in [-0.4, -0.2) is 37.1 Å². The summed E-state index contributed by atoms with van der Waals surface area (Å²) >= 11 is 0. The van der Waals surface area contributed by atoms with Gasteiger partial charge in [-0.3, -0.25) is 4.79 Å². The summed E-state index contributed by atoms with van der Waals surface area (Å²) < 4.78 is 10.9. The summed E-state index contributed by atoms with van der Waals surface area (Å²) in [5.74, 6) is 2.04. The molecular formula is C16H23NO3. The fourth-order valence-electron chi connectivity index (χ4n) is 2.58. The first kappa shape index (κ1) is 14.7. The van der Waals surface area contributed by atoms with Crippen molar-refractivity contribution in [3.8, 4) is 11.5 Å². The maximum Gasteiger partial charge on any atom is 0.263 e. The van der Waals surface area contributed by atoms with E-state index in [1.165, 1.54) is 6.42 Å². The number of piperidine rings is 1. The lowest BCUT2D eigenvalue weighted by Gasteiger charge is -2.32. The average Bonchev–Trinajstić information content (AvgIpc) is 2.46. The molecule has 1 heterocycles. The van der Waals surface area contributed by atoms with Crippen LogP contribution < -0.4 is 9.47 Å². The van der Waals surface area contributed by atoms with E-state index in [2.05, 4.69) is 6.92 Å². The third kappa shape index (κ3) is 3.65. The standard InChI is InChI=1S/C16H23NO3/c1-12-6-5-9-17(11-12)16(18)13(2)20-15-8-4-7-14(10-15)19-3/h4,7-8,10,12-13H,5-6,9,11H2,1-3H3/t12-,13-/m0/s1. The van der Waals surface area contributed by atoms with Gasteiger partial charge >= 0.3 is 0 Å². The largest absolute Gasteiger partial charge is 0.497 e. The number of rotatable bonds is 4. The number of benzene rings is 1. The minimum atomic E-state index is -0.465. The summed E-state index contributed by atoms with van der Waals surface area (Å²) in [4.78, 5) is 14.3. The van der Waals surface area contributed by atoms with Gasteiger partial charge in [-0.25, -0.2) is 0 Å². The minimum Gasteiger partial charge on any atom is -0.497 e. The average molecular weight is 277 g/mol. The SMILES string of the molecule is COc1cccc(O[C@@H](C)C(=O)N2CCC[C@H](C)C2)c1. The van der Waals surface area contributed by atoms with E-state index in [-0.39, 0.29) is 5.91 Å². The fourth-order valence-corrected chi connectivity index (χ4v) is 2.58. The molecule has 20 heavy (non-hydrogen) atoms. The quantitative estimate of drug-likeness (QED) is 0.849. The second-order valence-electron chi connectivity index (χ2n) is 5.47. The van der Waals surface area contributed by atoms with Gasteiger partial charge in [0.1, 0.15) is 11.5 Å². The number of nitrogens with zero attached hydrogens (tertiary/aromatic N) is 1. The van der Waals surface area contributed by atoms with Crippen molar-refractivity contribution in [1.29, 1.82) is 0 Å². The van der Waals surface area contributed by atoms with E-state index in [1.54, 1.807) is 20.1 Å². The van der Waals surface area contributed by atoms with Crippen LogP contribution in [0.4, 0.5) is 0 Å². The first-order valence-corrected chi connectivity index (χ1v) is 7.19. The van der Waals surface area contributed by atoms with Gasteiger partial charge in [0.2, 0.25) is 0 Å². The molecule has 1 amide bonds. The lowest BCUT2D eigenvalue weighted by atomic mass is 10.00. The van der Waals surface area contributed by atoms with Crippen molar-refractivity contribution in [3.63, 3.8) is 0 Å². The number of likely N-dealkylation sites (tertiary alicyclic amines) is 1. The highest BCUT2D eigenvalue weighted by Gasteiger charge is 2.26. The molecule has 110 valence electrons. The molecule has 1 aromatic carbocycles. The highest BCUT2D eigenvalue weighted by Crippen LogP contribution is 2.21. The number of amides is 1. The Morgan fingerprint density at radius 1 is 1.40 bits per heavy atom. The predicted octanol–water partition coefficient (Wildman–Crippen LogP) is 2.72. The van der Waals surface area contributed by atoms with E-state index in [0.29, 0.717) is 11.7 Å². The highest BCUT2D eigenvalue weighted by atomic mass is 16.5. The van der Waals surface area contributed by atoms with E-state index in [4.69, 9.17) is 9.47 Å². The zero-order chi connectivity index (χ0) is 14.5. The van der Waals surface area contributed by atoms with Crippen LogP contribution >= 0.6 is 0 Å². The van der Waals surface area contributed by atoms with Gasteiger partial charge in [-0.2, -0.15) is 0 Å². The van der Waals surface area contributed by atoms with E-state index in [0.717, 1.165) is 25.3 Å². The molecule has 0 radical (unpaired) electrons. The van der Waals surface area contributed by atoms with Crippen LogP contribution in [0.3, 0.4) is 0 Å². The number of carbonyl (C=O) groups excluding carboxylic acids is 1. The summed E-state index contributed by atoms with van der Waals surface area (Å²) in [6.45, 7) is 5.67. The number of hydrogen-bond acceptors (Lipinski definition) is 3. The number of carbonyl (C=O) groups is 1. The molecule has 4 heteroatoms. The molecular weight excluding hydrogens is 254 g/mol. The topological polar surface area (TPSA) is 38.8 Å². The summed E-state index contributed by atoms with van der Waals surface area (Å²) in [6, 6.07) is 7.34. The molecule has 2 atom stereocenters. The Morgan fingerprint density at radius 2 is 2.15 bits per heavy atom. The predicted molar refractivity (Wildman–Crippen MR) is 78.1 cm³/mol. The van der Waals surface area contributed by atoms with Gasteiger partial charge in [-0.15, -0.1) is 0 Å². The fraction of sp³-hybridized carbons (Fsp3) is 0.562. The normalized spacial score (nSPS) is 20.4. The molecule has 0 unspecified atom stereocenters. The Morgan fingerprint density at radius 3 is 2.85 bits per heavy atom. The van der Waals surface area contributed by atoms with Gasteiger partial charge in [0.25, 0.3) is 5.91 Å². The van der Waals surface area contributed by atoms with Gasteiger partial charge in [-0.05, 0) is 37.8 Å². The van der Waals surface area contributed by atoms with Crippen LogP contribution in [0.1, 0.15) is 26.7 Å². The third-order valence-corrected chi connectivity index (χ3v) is 3.67. The Labute approximate surface area is 120 Å². The van der Waals surface area contributed by atoms with Crippen LogP contribution in [0.5, 0.6) is 11.5 Å². The van der Waals surface area contributed by atoms with Crippen molar-refractivity contribution >= 4 is 5.91 Å². The molecule has 0 spiro atoms. The Hall–Kier alpha value is -1.71. The van der Waals surface area contributed by atoms with E-state index >= 15 is 0 Å². The molecule has 1 fully saturated rings. The maximum atomic E-state index is 12.4. The second kappa shape index (κ2) is 6.64.